The van der Waals surface area contributed by atoms with E-state index < -0.39 is 10.2 Å². The molecule has 0 aromatic heterocycles. The molecule has 0 atom stereocenters. The summed E-state index contributed by atoms with van der Waals surface area (Å²) in [6.45, 7) is 0.943. The lowest BCUT2D eigenvalue weighted by molar-refractivity contribution is 0.218. The van der Waals surface area contributed by atoms with Crippen molar-refractivity contribution in [3.8, 4) is 0 Å². The van der Waals surface area contributed by atoms with E-state index in [1.54, 1.807) is 11.4 Å². The largest absolute Gasteiger partial charge is 0.325 e. The molecule has 6 heteroatoms. The quantitative estimate of drug-likeness (QED) is 0.771. The highest BCUT2D eigenvalue weighted by Crippen LogP contribution is 2.26. The summed E-state index contributed by atoms with van der Waals surface area (Å²) in [7, 11) is -1.54. The van der Waals surface area contributed by atoms with Crippen LogP contribution >= 0.6 is 0 Å². The van der Waals surface area contributed by atoms with Crippen molar-refractivity contribution >= 4 is 10.2 Å². The number of rotatable bonds is 3. The maximum absolute atomic E-state index is 12.2. The van der Waals surface area contributed by atoms with Crippen LogP contribution < -0.4 is 5.73 Å². The summed E-state index contributed by atoms with van der Waals surface area (Å²) in [6, 6.07) is 0.213. The fourth-order valence-electron chi connectivity index (χ4n) is 2.47. The lowest BCUT2D eigenvalue weighted by atomic mass is 9.96. The molecule has 2 fully saturated rings. The molecule has 2 N–H and O–H groups in total. The Morgan fingerprint density at radius 3 is 2.25 bits per heavy atom. The zero-order valence-electron chi connectivity index (χ0n) is 9.80. The van der Waals surface area contributed by atoms with Crippen molar-refractivity contribution < 1.29 is 8.42 Å². The van der Waals surface area contributed by atoms with Crippen molar-refractivity contribution in [1.29, 1.82) is 0 Å². The Morgan fingerprint density at radius 2 is 1.75 bits per heavy atom. The van der Waals surface area contributed by atoms with Crippen molar-refractivity contribution in [2.45, 2.75) is 44.2 Å². The van der Waals surface area contributed by atoms with Crippen LogP contribution in [0.15, 0.2) is 0 Å². The molecule has 0 amide bonds. The fraction of sp³-hybridized carbons (Fsp3) is 1.00. The summed E-state index contributed by atoms with van der Waals surface area (Å²) in [5, 5.41) is 0. The van der Waals surface area contributed by atoms with Crippen LogP contribution in [0, 0.1) is 0 Å². The Balaban J connectivity index is 1.99. The molecule has 1 aliphatic heterocycles. The van der Waals surface area contributed by atoms with Gasteiger partial charge in [-0.15, -0.1) is 0 Å². The predicted octanol–water partition coefficient (Wildman–Crippen LogP) is 0.139. The van der Waals surface area contributed by atoms with Gasteiger partial charge in [0.2, 0.25) is 0 Å². The first-order valence-corrected chi connectivity index (χ1v) is 7.40. The second kappa shape index (κ2) is 4.60. The molecule has 94 valence electrons. The third-order valence-electron chi connectivity index (χ3n) is 3.66. The minimum atomic E-state index is -3.25. The van der Waals surface area contributed by atoms with Gasteiger partial charge < -0.3 is 5.73 Å². The Hall–Kier alpha value is -0.170. The highest BCUT2D eigenvalue weighted by Gasteiger charge is 2.38. The van der Waals surface area contributed by atoms with Gasteiger partial charge in [0.15, 0.2) is 0 Å². The first-order valence-electron chi connectivity index (χ1n) is 6.00. The molecule has 2 aliphatic rings. The van der Waals surface area contributed by atoms with Crippen LogP contribution in [0.5, 0.6) is 0 Å². The molecule has 1 saturated heterocycles. The molecule has 0 aromatic carbocycles. The van der Waals surface area contributed by atoms with Gasteiger partial charge >= 0.3 is 0 Å². The summed E-state index contributed by atoms with van der Waals surface area (Å²) in [6.07, 6.45) is 5.51. The van der Waals surface area contributed by atoms with E-state index in [1.807, 2.05) is 0 Å². The van der Waals surface area contributed by atoms with Crippen LogP contribution in [0.3, 0.4) is 0 Å². The zero-order chi connectivity index (χ0) is 11.8. The third-order valence-corrected chi connectivity index (χ3v) is 5.63. The monoisotopic (exact) mass is 247 g/mol. The SMILES string of the molecule is CN(C1CCCCC1)S(=O)(=O)N1CC(N)C1. The fourth-order valence-corrected chi connectivity index (χ4v) is 4.18. The number of hydrogen-bond acceptors (Lipinski definition) is 3. The summed E-state index contributed by atoms with van der Waals surface area (Å²) in [5.41, 5.74) is 5.62. The summed E-state index contributed by atoms with van der Waals surface area (Å²) >= 11 is 0. The van der Waals surface area contributed by atoms with E-state index in [-0.39, 0.29) is 12.1 Å². The van der Waals surface area contributed by atoms with Crippen molar-refractivity contribution in [2.75, 3.05) is 20.1 Å². The lowest BCUT2D eigenvalue weighted by Gasteiger charge is -2.40. The molecular formula is C10H21N3O2S. The number of nitrogens with zero attached hydrogens (tertiary/aromatic N) is 2. The van der Waals surface area contributed by atoms with Gasteiger partial charge in [0, 0.05) is 32.2 Å². The predicted molar refractivity (Wildman–Crippen MR) is 63.1 cm³/mol. The smallest absolute Gasteiger partial charge is 0.282 e. The van der Waals surface area contributed by atoms with Crippen molar-refractivity contribution in [2.24, 2.45) is 5.73 Å². The van der Waals surface area contributed by atoms with E-state index in [0.29, 0.717) is 13.1 Å². The molecule has 1 aliphatic carbocycles. The molecule has 0 radical (unpaired) electrons. The summed E-state index contributed by atoms with van der Waals surface area (Å²) in [5.74, 6) is 0. The summed E-state index contributed by atoms with van der Waals surface area (Å²) in [4.78, 5) is 0. The molecule has 2 rings (SSSR count). The molecule has 16 heavy (non-hydrogen) atoms. The van der Waals surface area contributed by atoms with Crippen LogP contribution in [0.2, 0.25) is 0 Å². The molecule has 0 spiro atoms. The van der Waals surface area contributed by atoms with E-state index in [2.05, 4.69) is 0 Å². The summed E-state index contributed by atoms with van der Waals surface area (Å²) < 4.78 is 27.3. The Bertz CT molecular complexity index is 332. The van der Waals surface area contributed by atoms with Gasteiger partial charge in [-0.25, -0.2) is 0 Å². The molecule has 0 aromatic rings. The van der Waals surface area contributed by atoms with E-state index >= 15 is 0 Å². The molecule has 5 nitrogen and oxygen atoms in total. The van der Waals surface area contributed by atoms with Crippen LogP contribution in [0.4, 0.5) is 0 Å². The van der Waals surface area contributed by atoms with E-state index in [4.69, 9.17) is 5.73 Å². The first kappa shape index (κ1) is 12.3. The highest BCUT2D eigenvalue weighted by molar-refractivity contribution is 7.86. The van der Waals surface area contributed by atoms with Crippen molar-refractivity contribution in [1.82, 2.24) is 8.61 Å². The second-order valence-corrected chi connectivity index (χ2v) is 6.88. The molecule has 1 saturated carbocycles. The average Bonchev–Trinajstić information content (AvgIpc) is 2.25. The maximum atomic E-state index is 12.2. The van der Waals surface area contributed by atoms with Crippen LogP contribution in [-0.4, -0.2) is 49.2 Å². The number of nitrogens with two attached hydrogens (primary N) is 1. The van der Waals surface area contributed by atoms with Gasteiger partial charge in [-0.05, 0) is 12.8 Å². The molecule has 0 bridgehead atoms. The van der Waals surface area contributed by atoms with Gasteiger partial charge in [0.25, 0.3) is 10.2 Å². The van der Waals surface area contributed by atoms with Gasteiger partial charge in [-0.3, -0.25) is 0 Å². The van der Waals surface area contributed by atoms with E-state index in [0.717, 1.165) is 25.7 Å². The number of hydrogen-bond donors (Lipinski definition) is 1. The lowest BCUT2D eigenvalue weighted by Crippen LogP contribution is -2.61. The average molecular weight is 247 g/mol. The maximum Gasteiger partial charge on any atom is 0.282 e. The zero-order valence-corrected chi connectivity index (χ0v) is 10.6. The van der Waals surface area contributed by atoms with Crippen LogP contribution in [0.25, 0.3) is 0 Å². The van der Waals surface area contributed by atoms with E-state index in [1.165, 1.54) is 10.7 Å². The van der Waals surface area contributed by atoms with Crippen LogP contribution in [-0.2, 0) is 10.2 Å². The Kier molecular flexibility index (Phi) is 3.53. The highest BCUT2D eigenvalue weighted by atomic mass is 32.2. The second-order valence-electron chi connectivity index (χ2n) is 4.89. The normalized spacial score (nSPS) is 25.9. The third kappa shape index (κ3) is 2.25. The minimum Gasteiger partial charge on any atom is -0.325 e. The van der Waals surface area contributed by atoms with Gasteiger partial charge in [0.1, 0.15) is 0 Å². The molecular weight excluding hydrogens is 226 g/mol. The van der Waals surface area contributed by atoms with Crippen molar-refractivity contribution in [3.63, 3.8) is 0 Å². The van der Waals surface area contributed by atoms with Gasteiger partial charge in [-0.2, -0.15) is 17.0 Å². The van der Waals surface area contributed by atoms with Gasteiger partial charge in [0.05, 0.1) is 0 Å². The standard InChI is InChI=1S/C10H21N3O2S/c1-12(10-5-3-2-4-6-10)16(14,15)13-7-9(11)8-13/h9-10H,2-8,11H2,1H3. The topological polar surface area (TPSA) is 66.6 Å². The van der Waals surface area contributed by atoms with Crippen molar-refractivity contribution in [3.05, 3.63) is 0 Å². The minimum absolute atomic E-state index is 0.0227. The Labute approximate surface area is 97.8 Å². The van der Waals surface area contributed by atoms with Crippen LogP contribution in [0.1, 0.15) is 32.1 Å². The Morgan fingerprint density at radius 1 is 1.19 bits per heavy atom. The van der Waals surface area contributed by atoms with Gasteiger partial charge in [-0.1, -0.05) is 19.3 Å². The molecule has 0 unspecified atom stereocenters. The molecule has 1 heterocycles. The first-order chi connectivity index (χ1) is 7.51. The van der Waals surface area contributed by atoms with E-state index in [9.17, 15) is 8.42 Å².